The summed E-state index contributed by atoms with van der Waals surface area (Å²) < 4.78 is 47.9. The molecule has 3 aromatic carbocycles. The smallest absolute Gasteiger partial charge is 0.268 e. The number of sulfonamides is 1. The molecule has 1 aliphatic rings. The summed E-state index contributed by atoms with van der Waals surface area (Å²) in [5.41, 5.74) is 3.88. The molecule has 1 aliphatic heterocycles. The minimum Gasteiger partial charge on any atom is -0.495 e. The summed E-state index contributed by atoms with van der Waals surface area (Å²) in [4.78, 5) is 17.2. The molecular weight excluding hydrogens is 493 g/mol. The fraction of sp³-hybridized carbons (Fsp3) is 0.321. The third-order valence-corrected chi connectivity index (χ3v) is 8.28. The number of carbonyl (C=O) groups is 1. The highest BCUT2D eigenvalue weighted by atomic mass is 32.2. The van der Waals surface area contributed by atoms with Crippen molar-refractivity contribution < 1.29 is 22.3 Å². The Balaban J connectivity index is 1.61. The van der Waals surface area contributed by atoms with E-state index in [9.17, 15) is 17.6 Å². The zero-order valence-electron chi connectivity index (χ0n) is 21.6. The van der Waals surface area contributed by atoms with Crippen molar-refractivity contribution in [1.29, 1.82) is 0 Å². The molecule has 1 amide bonds. The number of rotatable bonds is 7. The summed E-state index contributed by atoms with van der Waals surface area (Å²) in [7, 11) is -2.70. The Morgan fingerprint density at radius 1 is 0.892 bits per heavy atom. The quantitative estimate of drug-likeness (QED) is 0.460. The molecule has 1 fully saturated rings. The molecule has 1 saturated heterocycles. The van der Waals surface area contributed by atoms with Crippen LogP contribution in [0.3, 0.4) is 0 Å². The number of anilines is 2. The van der Waals surface area contributed by atoms with Crippen LogP contribution in [0.15, 0.2) is 65.6 Å². The average Bonchev–Trinajstić information content (AvgIpc) is 2.87. The van der Waals surface area contributed by atoms with Gasteiger partial charge < -0.3 is 14.5 Å². The predicted octanol–water partition coefficient (Wildman–Crippen LogP) is 4.30. The van der Waals surface area contributed by atoms with Gasteiger partial charge in [0.15, 0.2) is 0 Å². The molecule has 9 heteroatoms. The lowest BCUT2D eigenvalue weighted by atomic mass is 10.1. The van der Waals surface area contributed by atoms with Crippen LogP contribution in [0, 0.1) is 26.6 Å². The molecule has 4 rings (SSSR count). The number of methoxy groups -OCH3 is 1. The summed E-state index contributed by atoms with van der Waals surface area (Å²) in [5.74, 6) is -0.357. The lowest BCUT2D eigenvalue weighted by Crippen LogP contribution is -2.52. The van der Waals surface area contributed by atoms with E-state index in [2.05, 4.69) is 4.90 Å². The Kier molecular flexibility index (Phi) is 7.73. The first-order valence-corrected chi connectivity index (χ1v) is 13.6. The van der Waals surface area contributed by atoms with Crippen LogP contribution in [0.25, 0.3) is 0 Å². The summed E-state index contributed by atoms with van der Waals surface area (Å²) in [6.45, 7) is 7.27. The van der Waals surface area contributed by atoms with Gasteiger partial charge in [0.25, 0.3) is 10.0 Å². The third-order valence-electron chi connectivity index (χ3n) is 6.48. The number of carbonyl (C=O) groups excluding carboxylic acids is 1. The van der Waals surface area contributed by atoms with Gasteiger partial charge in [0, 0.05) is 31.9 Å². The summed E-state index contributed by atoms with van der Waals surface area (Å²) in [5, 5.41) is 0. The number of ether oxygens (including phenoxy) is 1. The van der Waals surface area contributed by atoms with Gasteiger partial charge in [-0.15, -0.1) is 0 Å². The highest BCUT2D eigenvalue weighted by Gasteiger charge is 2.32. The molecule has 37 heavy (non-hydrogen) atoms. The molecule has 0 atom stereocenters. The molecule has 0 aliphatic carbocycles. The minimum absolute atomic E-state index is 0.0167. The zero-order valence-corrected chi connectivity index (χ0v) is 22.4. The molecule has 0 radical (unpaired) electrons. The van der Waals surface area contributed by atoms with E-state index in [1.807, 2.05) is 26.8 Å². The van der Waals surface area contributed by atoms with Crippen molar-refractivity contribution in [3.05, 3.63) is 83.2 Å². The first kappa shape index (κ1) is 26.5. The maximum absolute atomic E-state index is 14.0. The number of halogens is 1. The second kappa shape index (κ2) is 10.8. The van der Waals surface area contributed by atoms with E-state index < -0.39 is 10.0 Å². The van der Waals surface area contributed by atoms with Crippen molar-refractivity contribution in [2.75, 3.05) is 49.0 Å². The Morgan fingerprint density at radius 3 is 2.11 bits per heavy atom. The standard InChI is InChI=1S/C28H32FN3O4S/c1-20-5-10-26(36-4)27(18-20)37(34,35)32(25-16-21(2)15-22(3)17-25)19-28(33)31-13-11-30(12-14-31)24-8-6-23(29)7-9-24/h5-10,15-18H,11-14,19H2,1-4H3. The van der Waals surface area contributed by atoms with Crippen LogP contribution in [-0.2, 0) is 14.8 Å². The molecule has 1 heterocycles. The summed E-state index contributed by atoms with van der Waals surface area (Å²) in [6.07, 6.45) is 0. The Bertz CT molecular complexity index is 1360. The van der Waals surface area contributed by atoms with E-state index >= 15 is 0 Å². The van der Waals surface area contributed by atoms with Gasteiger partial charge in [-0.1, -0.05) is 12.1 Å². The maximum atomic E-state index is 14.0. The second-order valence-electron chi connectivity index (χ2n) is 9.36. The minimum atomic E-state index is -4.13. The third kappa shape index (κ3) is 5.88. The van der Waals surface area contributed by atoms with Gasteiger partial charge in [-0.25, -0.2) is 12.8 Å². The molecule has 3 aromatic rings. The van der Waals surface area contributed by atoms with Crippen molar-refractivity contribution in [1.82, 2.24) is 4.90 Å². The SMILES string of the molecule is COc1ccc(C)cc1S(=O)(=O)N(CC(=O)N1CCN(c2ccc(F)cc2)CC1)c1cc(C)cc(C)c1. The van der Waals surface area contributed by atoms with E-state index in [0.717, 1.165) is 22.4 Å². The topological polar surface area (TPSA) is 70.2 Å². The van der Waals surface area contributed by atoms with Gasteiger partial charge >= 0.3 is 0 Å². The fourth-order valence-electron chi connectivity index (χ4n) is 4.60. The largest absolute Gasteiger partial charge is 0.495 e. The first-order chi connectivity index (χ1) is 17.6. The van der Waals surface area contributed by atoms with Crippen LogP contribution in [0.5, 0.6) is 5.75 Å². The number of piperazine rings is 1. The van der Waals surface area contributed by atoms with Crippen molar-refractivity contribution >= 4 is 27.3 Å². The van der Waals surface area contributed by atoms with Crippen LogP contribution in [-0.4, -0.2) is 59.1 Å². The molecule has 0 N–H and O–H groups in total. The predicted molar refractivity (Wildman–Crippen MR) is 143 cm³/mol. The number of nitrogens with zero attached hydrogens (tertiary/aromatic N) is 3. The Labute approximate surface area is 218 Å². The number of amides is 1. The molecule has 0 unspecified atom stereocenters. The monoisotopic (exact) mass is 525 g/mol. The molecule has 0 bridgehead atoms. The van der Waals surface area contributed by atoms with Gasteiger partial charge in [0.05, 0.1) is 12.8 Å². The Morgan fingerprint density at radius 2 is 1.51 bits per heavy atom. The van der Waals surface area contributed by atoms with Crippen molar-refractivity contribution in [2.24, 2.45) is 0 Å². The van der Waals surface area contributed by atoms with E-state index in [-0.39, 0.29) is 28.9 Å². The molecule has 7 nitrogen and oxygen atoms in total. The highest BCUT2D eigenvalue weighted by molar-refractivity contribution is 7.93. The van der Waals surface area contributed by atoms with Crippen molar-refractivity contribution in [3.8, 4) is 5.75 Å². The number of aryl methyl sites for hydroxylation is 3. The molecule has 0 saturated carbocycles. The molecule has 0 aromatic heterocycles. The number of hydrogen-bond donors (Lipinski definition) is 0. The number of benzene rings is 3. The van der Waals surface area contributed by atoms with E-state index in [0.29, 0.717) is 31.9 Å². The van der Waals surface area contributed by atoms with Gasteiger partial charge in [-0.2, -0.15) is 0 Å². The van der Waals surface area contributed by atoms with E-state index in [1.54, 1.807) is 47.4 Å². The fourth-order valence-corrected chi connectivity index (χ4v) is 6.24. The van der Waals surface area contributed by atoms with Gasteiger partial charge in [0.2, 0.25) is 5.91 Å². The number of hydrogen-bond acceptors (Lipinski definition) is 5. The molecular formula is C28H32FN3O4S. The maximum Gasteiger partial charge on any atom is 0.268 e. The lowest BCUT2D eigenvalue weighted by molar-refractivity contribution is -0.129. The summed E-state index contributed by atoms with van der Waals surface area (Å²) >= 11 is 0. The van der Waals surface area contributed by atoms with Crippen molar-refractivity contribution in [3.63, 3.8) is 0 Å². The van der Waals surface area contributed by atoms with Crippen LogP contribution in [0.1, 0.15) is 16.7 Å². The normalized spacial score (nSPS) is 14.0. The second-order valence-corrected chi connectivity index (χ2v) is 11.2. The van der Waals surface area contributed by atoms with Crippen LogP contribution in [0.4, 0.5) is 15.8 Å². The Hall–Kier alpha value is -3.59. The van der Waals surface area contributed by atoms with Gasteiger partial charge in [0.1, 0.15) is 23.0 Å². The van der Waals surface area contributed by atoms with Crippen molar-refractivity contribution in [2.45, 2.75) is 25.7 Å². The lowest BCUT2D eigenvalue weighted by Gasteiger charge is -2.37. The zero-order chi connectivity index (χ0) is 26.7. The van der Waals surface area contributed by atoms with E-state index in [4.69, 9.17) is 4.74 Å². The molecule has 0 spiro atoms. The van der Waals surface area contributed by atoms with Gasteiger partial charge in [-0.05, 0) is 86.0 Å². The van der Waals surface area contributed by atoms with Crippen LogP contribution >= 0.6 is 0 Å². The molecule has 196 valence electrons. The summed E-state index contributed by atoms with van der Waals surface area (Å²) in [6, 6.07) is 16.7. The van der Waals surface area contributed by atoms with Gasteiger partial charge in [-0.3, -0.25) is 9.10 Å². The van der Waals surface area contributed by atoms with Crippen LogP contribution < -0.4 is 13.9 Å². The average molecular weight is 526 g/mol. The first-order valence-electron chi connectivity index (χ1n) is 12.1. The van der Waals surface area contributed by atoms with E-state index in [1.165, 1.54) is 23.5 Å². The van der Waals surface area contributed by atoms with Crippen LogP contribution in [0.2, 0.25) is 0 Å². The highest BCUT2D eigenvalue weighted by Crippen LogP contribution is 2.32.